The van der Waals surface area contributed by atoms with Gasteiger partial charge >= 0.3 is 0 Å². The zero-order valence-corrected chi connectivity index (χ0v) is 13.1. The normalized spacial score (nSPS) is 11.6. The molecular weight excluding hydrogens is 240 g/mol. The second kappa shape index (κ2) is 10.6. The molecule has 1 amide bonds. The molecular formula is C14H30N4O. The molecule has 0 fully saturated rings. The first-order valence-electron chi connectivity index (χ1n) is 7.19. The lowest BCUT2D eigenvalue weighted by Crippen LogP contribution is -2.39. The number of nitrogens with one attached hydrogen (secondary N) is 2. The summed E-state index contributed by atoms with van der Waals surface area (Å²) in [7, 11) is 3.54. The Hall–Kier alpha value is -1.26. The van der Waals surface area contributed by atoms with Crippen LogP contribution >= 0.6 is 0 Å². The first-order valence-corrected chi connectivity index (χ1v) is 7.19. The minimum Gasteiger partial charge on any atom is -0.357 e. The molecule has 0 aliphatic carbocycles. The Balaban J connectivity index is 3.96. The van der Waals surface area contributed by atoms with Crippen LogP contribution in [0.2, 0.25) is 0 Å². The first-order chi connectivity index (χ1) is 8.97. The van der Waals surface area contributed by atoms with Crippen LogP contribution in [0, 0.1) is 5.92 Å². The molecule has 0 aromatic carbocycles. The zero-order valence-electron chi connectivity index (χ0n) is 13.1. The standard InChI is InChI=1S/C14H30N4O/c1-6-15-14(16-10-7-8-12(2)3)17-11-9-13(19)18(4)5/h12H,6-11H2,1-5H3,(H2,15,16,17). The van der Waals surface area contributed by atoms with Gasteiger partial charge in [-0.3, -0.25) is 9.79 Å². The van der Waals surface area contributed by atoms with Crippen LogP contribution < -0.4 is 10.6 Å². The van der Waals surface area contributed by atoms with Gasteiger partial charge in [0.2, 0.25) is 5.91 Å². The van der Waals surface area contributed by atoms with Crippen molar-refractivity contribution in [2.75, 3.05) is 33.7 Å². The van der Waals surface area contributed by atoms with E-state index in [0.717, 1.165) is 31.4 Å². The summed E-state index contributed by atoms with van der Waals surface area (Å²) in [6, 6.07) is 0. The molecule has 112 valence electrons. The number of rotatable bonds is 8. The second-order valence-corrected chi connectivity index (χ2v) is 5.26. The van der Waals surface area contributed by atoms with Crippen LogP contribution in [-0.2, 0) is 4.79 Å². The number of guanidine groups is 1. The first kappa shape index (κ1) is 17.7. The fourth-order valence-corrected chi connectivity index (χ4v) is 1.54. The third-order valence-electron chi connectivity index (χ3n) is 2.68. The predicted octanol–water partition coefficient (Wildman–Crippen LogP) is 1.46. The van der Waals surface area contributed by atoms with Gasteiger partial charge in [0.1, 0.15) is 0 Å². The summed E-state index contributed by atoms with van der Waals surface area (Å²) in [4.78, 5) is 17.5. The van der Waals surface area contributed by atoms with Crippen molar-refractivity contribution in [1.29, 1.82) is 0 Å². The Morgan fingerprint density at radius 3 is 2.47 bits per heavy atom. The van der Waals surface area contributed by atoms with Crippen LogP contribution in [0.25, 0.3) is 0 Å². The van der Waals surface area contributed by atoms with Gasteiger partial charge in [0.15, 0.2) is 5.96 Å². The molecule has 0 spiro atoms. The Bertz CT molecular complexity index is 275. The topological polar surface area (TPSA) is 56.7 Å². The van der Waals surface area contributed by atoms with E-state index in [1.165, 1.54) is 6.42 Å². The van der Waals surface area contributed by atoms with Gasteiger partial charge in [-0.25, -0.2) is 0 Å². The molecule has 0 aliphatic rings. The highest BCUT2D eigenvalue weighted by Crippen LogP contribution is 2.02. The van der Waals surface area contributed by atoms with E-state index in [0.29, 0.717) is 13.0 Å². The molecule has 0 bridgehead atoms. The van der Waals surface area contributed by atoms with Crippen LogP contribution in [0.5, 0.6) is 0 Å². The molecule has 19 heavy (non-hydrogen) atoms. The minimum absolute atomic E-state index is 0.128. The maximum atomic E-state index is 11.4. The Morgan fingerprint density at radius 2 is 1.95 bits per heavy atom. The van der Waals surface area contributed by atoms with E-state index < -0.39 is 0 Å². The van der Waals surface area contributed by atoms with Gasteiger partial charge in [0.25, 0.3) is 0 Å². The monoisotopic (exact) mass is 270 g/mol. The highest BCUT2D eigenvalue weighted by molar-refractivity contribution is 5.81. The lowest BCUT2D eigenvalue weighted by atomic mass is 10.1. The maximum absolute atomic E-state index is 11.4. The largest absolute Gasteiger partial charge is 0.357 e. The van der Waals surface area contributed by atoms with Gasteiger partial charge in [-0.15, -0.1) is 0 Å². The maximum Gasteiger partial charge on any atom is 0.223 e. The SMILES string of the molecule is CCNC(=NCCCC(C)C)NCCC(=O)N(C)C. The highest BCUT2D eigenvalue weighted by atomic mass is 16.2. The average molecular weight is 270 g/mol. The number of hydrogen-bond donors (Lipinski definition) is 2. The predicted molar refractivity (Wildman–Crippen MR) is 81.4 cm³/mol. The Kier molecular flexibility index (Phi) is 9.94. The number of hydrogen-bond acceptors (Lipinski definition) is 2. The Morgan fingerprint density at radius 1 is 1.26 bits per heavy atom. The molecule has 2 N–H and O–H groups in total. The van der Waals surface area contributed by atoms with Crippen LogP contribution in [-0.4, -0.2) is 50.5 Å². The molecule has 0 aromatic heterocycles. The summed E-state index contributed by atoms with van der Waals surface area (Å²) in [6.07, 6.45) is 2.79. The second-order valence-electron chi connectivity index (χ2n) is 5.26. The van der Waals surface area contributed by atoms with Gasteiger partial charge in [0, 0.05) is 40.2 Å². The molecule has 0 aliphatic heterocycles. The average Bonchev–Trinajstić information content (AvgIpc) is 2.33. The molecule has 0 atom stereocenters. The molecule has 5 heteroatoms. The van der Waals surface area contributed by atoms with E-state index in [4.69, 9.17) is 0 Å². The summed E-state index contributed by atoms with van der Waals surface area (Å²) >= 11 is 0. The number of aliphatic imine (C=N–C) groups is 1. The van der Waals surface area contributed by atoms with Gasteiger partial charge in [-0.1, -0.05) is 13.8 Å². The summed E-state index contributed by atoms with van der Waals surface area (Å²) in [5.41, 5.74) is 0. The minimum atomic E-state index is 0.128. The molecule has 0 unspecified atom stereocenters. The van der Waals surface area contributed by atoms with E-state index in [1.807, 2.05) is 6.92 Å². The van der Waals surface area contributed by atoms with Crippen molar-refractivity contribution in [3.05, 3.63) is 0 Å². The van der Waals surface area contributed by atoms with Crippen LogP contribution in [0.15, 0.2) is 4.99 Å². The van der Waals surface area contributed by atoms with Gasteiger partial charge in [0.05, 0.1) is 0 Å². The van der Waals surface area contributed by atoms with Crippen molar-refractivity contribution in [2.45, 2.75) is 40.0 Å². The van der Waals surface area contributed by atoms with Crippen molar-refractivity contribution >= 4 is 11.9 Å². The van der Waals surface area contributed by atoms with E-state index >= 15 is 0 Å². The van der Waals surface area contributed by atoms with Crippen molar-refractivity contribution < 1.29 is 4.79 Å². The third-order valence-corrected chi connectivity index (χ3v) is 2.68. The van der Waals surface area contributed by atoms with Crippen LogP contribution in [0.1, 0.15) is 40.0 Å². The summed E-state index contributed by atoms with van der Waals surface area (Å²) in [5.74, 6) is 1.66. The smallest absolute Gasteiger partial charge is 0.223 e. The number of amides is 1. The summed E-state index contributed by atoms with van der Waals surface area (Å²) < 4.78 is 0. The van der Waals surface area contributed by atoms with E-state index in [2.05, 4.69) is 29.5 Å². The lowest BCUT2D eigenvalue weighted by Gasteiger charge is -2.13. The summed E-state index contributed by atoms with van der Waals surface area (Å²) in [6.45, 7) is 8.76. The van der Waals surface area contributed by atoms with Crippen molar-refractivity contribution in [3.63, 3.8) is 0 Å². The van der Waals surface area contributed by atoms with E-state index in [1.54, 1.807) is 19.0 Å². The van der Waals surface area contributed by atoms with Gasteiger partial charge in [-0.2, -0.15) is 0 Å². The van der Waals surface area contributed by atoms with E-state index in [-0.39, 0.29) is 5.91 Å². The fourth-order valence-electron chi connectivity index (χ4n) is 1.54. The molecule has 0 heterocycles. The molecule has 0 saturated heterocycles. The van der Waals surface area contributed by atoms with Crippen LogP contribution in [0.4, 0.5) is 0 Å². The number of carbonyl (C=O) groups is 1. The van der Waals surface area contributed by atoms with Gasteiger partial charge in [-0.05, 0) is 25.7 Å². The fraction of sp³-hybridized carbons (Fsp3) is 0.857. The quantitative estimate of drug-likeness (QED) is 0.399. The molecule has 0 aromatic rings. The number of nitrogens with zero attached hydrogens (tertiary/aromatic N) is 2. The number of carbonyl (C=O) groups excluding carboxylic acids is 1. The summed E-state index contributed by atoms with van der Waals surface area (Å²) in [5, 5.41) is 6.37. The van der Waals surface area contributed by atoms with E-state index in [9.17, 15) is 4.79 Å². The molecule has 0 saturated carbocycles. The van der Waals surface area contributed by atoms with Crippen molar-refractivity contribution in [1.82, 2.24) is 15.5 Å². The Labute approximate surface area is 117 Å². The van der Waals surface area contributed by atoms with Crippen LogP contribution in [0.3, 0.4) is 0 Å². The highest BCUT2D eigenvalue weighted by Gasteiger charge is 2.04. The third kappa shape index (κ3) is 10.4. The molecule has 0 radical (unpaired) electrons. The lowest BCUT2D eigenvalue weighted by molar-refractivity contribution is -0.128. The molecule has 0 rings (SSSR count). The van der Waals surface area contributed by atoms with Crippen molar-refractivity contribution in [3.8, 4) is 0 Å². The van der Waals surface area contributed by atoms with Crippen molar-refractivity contribution in [2.24, 2.45) is 10.9 Å². The van der Waals surface area contributed by atoms with Gasteiger partial charge < -0.3 is 15.5 Å². The molecule has 5 nitrogen and oxygen atoms in total. The zero-order chi connectivity index (χ0) is 14.7.